The second kappa shape index (κ2) is 67.7. The van der Waals surface area contributed by atoms with Gasteiger partial charge in [0.15, 0.2) is 0 Å². The quantitative estimate of drug-likeness (QED) is 0.0358. The van der Waals surface area contributed by atoms with E-state index < -0.39 is 0 Å². The number of benzene rings is 2. The number of aryl methyl sites for hydroxylation is 4. The first-order valence-corrected chi connectivity index (χ1v) is 46.3. The molecule has 0 aromatic heterocycles. The Hall–Kier alpha value is -1.82. The number of allylic oxidation sites excluding steroid dienone is 2. The van der Waals surface area contributed by atoms with Crippen molar-refractivity contribution in [2.24, 2.45) is 0 Å². The molecule has 2 aromatic carbocycles. The number of nitrogens with zero attached hydrogens (tertiary/aromatic N) is 2. The molecular formula is C93H168N2Pd. The monoisotopic (exact) mass is 1420 g/mol. The van der Waals surface area contributed by atoms with Crippen LogP contribution in [0.25, 0.3) is 16.9 Å². The molecule has 0 aliphatic carbocycles. The Balaban J connectivity index is 0.000000705. The molecule has 3 heteroatoms. The molecule has 0 atom stereocenters. The summed E-state index contributed by atoms with van der Waals surface area (Å²) in [6.45, 7) is 20.9. The molecule has 0 saturated heterocycles. The smallest absolute Gasteiger partial charge is 0.0654 e. The van der Waals surface area contributed by atoms with Crippen molar-refractivity contribution < 1.29 is 22.7 Å². The Morgan fingerprint density at radius 2 is 0.458 bits per heavy atom. The van der Waals surface area contributed by atoms with Crippen molar-refractivity contribution in [3.63, 3.8) is 0 Å². The first kappa shape index (κ1) is 90.3. The molecule has 3 rings (SSSR count). The minimum Gasteiger partial charge on any atom is -0.0654 e. The summed E-state index contributed by atoms with van der Waals surface area (Å²) in [5.41, 5.74) is 27.7. The van der Waals surface area contributed by atoms with Gasteiger partial charge >= 0.3 is 169 Å². The fourth-order valence-electron chi connectivity index (χ4n) is 15.0. The Labute approximate surface area is 611 Å². The van der Waals surface area contributed by atoms with Crippen molar-refractivity contribution in [2.75, 3.05) is 0 Å². The van der Waals surface area contributed by atoms with Gasteiger partial charge in [0.1, 0.15) is 0 Å². The molecule has 2 aromatic rings. The summed E-state index contributed by atoms with van der Waals surface area (Å²) in [6, 6.07) is 9.96. The maximum absolute atomic E-state index is 12.5. The van der Waals surface area contributed by atoms with Gasteiger partial charge in [-0.15, -0.1) is 0 Å². The van der Waals surface area contributed by atoms with Crippen LogP contribution in [0.3, 0.4) is 0 Å². The van der Waals surface area contributed by atoms with E-state index >= 15 is 0 Å². The van der Waals surface area contributed by atoms with Gasteiger partial charge in [0.25, 0.3) is 0 Å². The molecule has 560 valence electrons. The fraction of sp³-hybridized carbons (Fsp3) is 0.828. The van der Waals surface area contributed by atoms with E-state index in [1.54, 1.807) is 25.6 Å². The van der Waals surface area contributed by atoms with E-state index in [4.69, 9.17) is 0 Å². The molecule has 2 nitrogen and oxygen atoms in total. The van der Waals surface area contributed by atoms with Crippen molar-refractivity contribution in [3.8, 4) is 0 Å². The Bertz CT molecular complexity index is 2030. The Morgan fingerprint density at radius 1 is 0.240 bits per heavy atom. The van der Waals surface area contributed by atoms with Crippen LogP contribution in [0.2, 0.25) is 9.79 Å². The van der Waals surface area contributed by atoms with Crippen LogP contribution in [0, 0.1) is 0 Å². The Morgan fingerprint density at radius 3 is 0.719 bits per heavy atom. The van der Waals surface area contributed by atoms with Gasteiger partial charge < -0.3 is 5.53 Å². The van der Waals surface area contributed by atoms with Crippen LogP contribution in [0.1, 0.15) is 492 Å². The molecule has 96 heavy (non-hydrogen) atoms. The van der Waals surface area contributed by atoms with Crippen LogP contribution >= 0.6 is 0 Å². The van der Waals surface area contributed by atoms with Crippen LogP contribution in [0.15, 0.2) is 35.9 Å². The molecule has 0 radical (unpaired) electrons. The van der Waals surface area contributed by atoms with Crippen molar-refractivity contribution in [2.45, 2.75) is 496 Å². The molecular weight excluding hydrogens is 1250 g/mol. The van der Waals surface area contributed by atoms with E-state index in [9.17, 15) is 5.53 Å². The second-order valence-electron chi connectivity index (χ2n) is 30.7. The standard InChI is InChI=1S/C55H90N2.2C19H39.Pd/c1-8-15-22-23-24-25-26-27-28-29-30-31-32-37-49-44-54(50-40-45(33-16-9-2)52(38-20-13-6)46(41-50)34-17-10-3)57(56)55(49)51-42-47(35-18-11-4)53(39-21-14-7)48(43-51)36-19-12-5;2*1-3-5-7-9-11-13-15-17-19-18-16-14-12-10-8-6-4-2;/h40-44H,8-39H2,1-7H3;2*1,3-19H2,2H3;. The minimum absolute atomic E-state index is 0.993. The van der Waals surface area contributed by atoms with Crippen LogP contribution in [-0.2, 0) is 56.5 Å². The number of unbranched alkanes of at least 4 members (excludes halogenated alkanes) is 50. The van der Waals surface area contributed by atoms with Gasteiger partial charge in [0.05, 0.1) is 0 Å². The first-order chi connectivity index (χ1) is 47.4. The van der Waals surface area contributed by atoms with Gasteiger partial charge in [0, 0.05) is 22.8 Å². The normalized spacial score (nSPS) is 12.5. The van der Waals surface area contributed by atoms with E-state index in [1.165, 1.54) is 431 Å². The summed E-state index contributed by atoms with van der Waals surface area (Å²) < 4.78 is 1.64. The molecule has 0 spiro atoms. The molecule has 1 aliphatic rings. The molecule has 1 aliphatic heterocycles. The predicted octanol–water partition coefficient (Wildman–Crippen LogP) is 33.2. The zero-order valence-electron chi connectivity index (χ0n) is 66.7. The number of hydrogen-bond acceptors (Lipinski definition) is 0. The molecule has 0 amide bonds. The van der Waals surface area contributed by atoms with Crippen LogP contribution in [0.5, 0.6) is 0 Å². The van der Waals surface area contributed by atoms with Crippen LogP contribution in [0.4, 0.5) is 0 Å². The van der Waals surface area contributed by atoms with E-state index in [-0.39, 0.29) is 0 Å². The van der Waals surface area contributed by atoms with Gasteiger partial charge in [-0.25, -0.2) is 4.70 Å². The minimum atomic E-state index is 0.993. The van der Waals surface area contributed by atoms with Gasteiger partial charge in [-0.1, -0.05) is 255 Å². The van der Waals surface area contributed by atoms with Crippen molar-refractivity contribution >= 4 is 11.4 Å². The predicted molar refractivity (Wildman–Crippen MR) is 431 cm³/mol. The summed E-state index contributed by atoms with van der Waals surface area (Å²) in [5, 5.41) is 0. The summed E-state index contributed by atoms with van der Waals surface area (Å²) >= 11 is 1.06. The van der Waals surface area contributed by atoms with Crippen molar-refractivity contribution in [1.82, 2.24) is 0 Å². The number of rotatable bonds is 70. The van der Waals surface area contributed by atoms with E-state index in [0.717, 1.165) is 61.5 Å². The molecule has 1 heterocycles. The average Bonchev–Trinajstić information content (AvgIpc) is 1.57. The first-order valence-electron chi connectivity index (χ1n) is 44.1. The van der Waals surface area contributed by atoms with Crippen molar-refractivity contribution in [1.29, 1.82) is 0 Å². The summed E-state index contributed by atoms with van der Waals surface area (Å²) in [4.78, 5) is 3.09. The molecule has 0 N–H and O–H groups in total. The number of hydrogen-bond donors (Lipinski definition) is 0. The molecule has 0 saturated carbocycles. The summed E-state index contributed by atoms with van der Waals surface area (Å²) in [6.07, 6.45) is 93.3. The van der Waals surface area contributed by atoms with Gasteiger partial charge in [-0.2, -0.15) is 0 Å². The summed E-state index contributed by atoms with van der Waals surface area (Å²) in [5.74, 6) is 0. The third kappa shape index (κ3) is 45.9. The van der Waals surface area contributed by atoms with Gasteiger partial charge in [-0.05, 0) is 148 Å². The van der Waals surface area contributed by atoms with Gasteiger partial charge in [0.2, 0.25) is 11.4 Å². The Kier molecular flexibility index (Phi) is 63.6. The molecule has 0 fully saturated rings. The third-order valence-electron chi connectivity index (χ3n) is 21.5. The molecule has 0 unspecified atom stereocenters. The van der Waals surface area contributed by atoms with Crippen LogP contribution < -0.4 is 0 Å². The maximum atomic E-state index is 12.5. The zero-order chi connectivity index (χ0) is 69.3. The average molecular weight is 1420 g/mol. The van der Waals surface area contributed by atoms with E-state index in [0.29, 0.717) is 0 Å². The fourth-order valence-corrected chi connectivity index (χ4v) is 17.0. The zero-order valence-corrected chi connectivity index (χ0v) is 68.2. The van der Waals surface area contributed by atoms with Crippen molar-refractivity contribution in [3.05, 3.63) is 86.0 Å². The topological polar surface area (TPSA) is 25.3 Å². The van der Waals surface area contributed by atoms with Gasteiger partial charge in [-0.3, -0.25) is 0 Å². The second-order valence-corrected chi connectivity index (χ2v) is 33.0. The molecule has 0 bridgehead atoms. The van der Waals surface area contributed by atoms with E-state index in [1.807, 2.05) is 0 Å². The third-order valence-corrected chi connectivity index (χ3v) is 23.7. The van der Waals surface area contributed by atoms with E-state index in [2.05, 4.69) is 92.7 Å². The summed E-state index contributed by atoms with van der Waals surface area (Å²) in [7, 11) is 0. The SMILES string of the molecule is CCCCCCCCCCCCCCCC1=C(c2cc(CCCC)c(CCCC)c(CCCC)c2)[N+](=[N-])C(c2cc(CCCC)c(CCCC)c(CCCC)c2)=C1.CCCCCCCCCCCCCCCCCC[CH2][Pd][CH2]CCCCCCCCCCCCCCCCCC. The van der Waals surface area contributed by atoms with Crippen LogP contribution in [-0.4, -0.2) is 4.70 Å².